The Morgan fingerprint density at radius 3 is 2.79 bits per heavy atom. The van der Waals surface area contributed by atoms with Gasteiger partial charge in [-0.1, -0.05) is 25.0 Å². The molecule has 0 aliphatic heterocycles. The molecule has 0 aromatic heterocycles. The summed E-state index contributed by atoms with van der Waals surface area (Å²) >= 11 is 0. The van der Waals surface area contributed by atoms with E-state index in [0.717, 1.165) is 24.8 Å². The van der Waals surface area contributed by atoms with Crippen LogP contribution >= 0.6 is 0 Å². The number of para-hydroxylation sites is 1. The van der Waals surface area contributed by atoms with Gasteiger partial charge in [-0.2, -0.15) is 5.26 Å². The summed E-state index contributed by atoms with van der Waals surface area (Å²) in [5.74, 6) is -0.151. The molecule has 1 saturated carbocycles. The summed E-state index contributed by atoms with van der Waals surface area (Å²) in [6, 6.07) is 7.09. The molecule has 1 aromatic rings. The third kappa shape index (κ3) is 4.05. The van der Waals surface area contributed by atoms with Crippen LogP contribution in [-0.2, 0) is 4.79 Å². The van der Waals surface area contributed by atoms with Gasteiger partial charge in [-0.25, -0.2) is 0 Å². The molecule has 0 saturated heterocycles. The van der Waals surface area contributed by atoms with Crippen LogP contribution in [0.1, 0.15) is 41.6 Å². The van der Waals surface area contributed by atoms with Gasteiger partial charge in [0.25, 0.3) is 5.91 Å². The topological polar surface area (TPSA) is 91.2 Å². The monoisotopic (exact) mass is 329 g/mol. The fraction of sp³-hybridized carbons (Fsp3) is 0.500. The minimum absolute atomic E-state index is 0.0122. The largest absolute Gasteiger partial charge is 0.496 e. The van der Waals surface area contributed by atoms with Crippen LogP contribution in [0.5, 0.6) is 5.75 Å². The fourth-order valence-electron chi connectivity index (χ4n) is 3.22. The fourth-order valence-corrected chi connectivity index (χ4v) is 3.22. The molecular formula is C18H23N3O3. The molecule has 0 radical (unpaired) electrons. The van der Waals surface area contributed by atoms with Crippen LogP contribution in [0.2, 0.25) is 0 Å². The Bertz CT molecular complexity index is 651. The highest BCUT2D eigenvalue weighted by atomic mass is 16.5. The van der Waals surface area contributed by atoms with E-state index < -0.39 is 0 Å². The molecule has 24 heavy (non-hydrogen) atoms. The van der Waals surface area contributed by atoms with E-state index in [-0.39, 0.29) is 30.3 Å². The van der Waals surface area contributed by atoms with E-state index in [1.54, 1.807) is 6.07 Å². The third-order valence-corrected chi connectivity index (χ3v) is 4.42. The highest BCUT2D eigenvalue weighted by Crippen LogP contribution is 2.27. The first-order chi connectivity index (χ1) is 11.6. The van der Waals surface area contributed by atoms with Gasteiger partial charge in [0.1, 0.15) is 12.3 Å². The van der Waals surface area contributed by atoms with Crippen LogP contribution in [0, 0.1) is 24.2 Å². The normalized spacial score (nSPS) is 19.9. The second-order valence-corrected chi connectivity index (χ2v) is 6.00. The summed E-state index contributed by atoms with van der Waals surface area (Å²) in [4.78, 5) is 24.9. The van der Waals surface area contributed by atoms with Crippen LogP contribution in [0.4, 0.5) is 0 Å². The molecule has 0 unspecified atom stereocenters. The van der Waals surface area contributed by atoms with Crippen LogP contribution < -0.4 is 15.4 Å². The summed E-state index contributed by atoms with van der Waals surface area (Å²) in [5.41, 5.74) is 1.36. The van der Waals surface area contributed by atoms with Crippen molar-refractivity contribution >= 4 is 11.8 Å². The number of hydrogen-bond acceptors (Lipinski definition) is 4. The van der Waals surface area contributed by atoms with Gasteiger partial charge in [-0.05, 0) is 31.4 Å². The Morgan fingerprint density at radius 2 is 2.08 bits per heavy atom. The van der Waals surface area contributed by atoms with Crippen molar-refractivity contribution in [2.24, 2.45) is 5.92 Å². The molecule has 1 aliphatic carbocycles. The smallest absolute Gasteiger partial charge is 0.255 e. The zero-order chi connectivity index (χ0) is 17.5. The van der Waals surface area contributed by atoms with Crippen molar-refractivity contribution in [1.29, 1.82) is 5.26 Å². The van der Waals surface area contributed by atoms with Crippen molar-refractivity contribution in [2.45, 2.75) is 38.6 Å². The maximum absolute atomic E-state index is 12.7. The maximum Gasteiger partial charge on any atom is 0.255 e. The van der Waals surface area contributed by atoms with E-state index in [0.29, 0.717) is 17.7 Å². The number of benzene rings is 1. The highest BCUT2D eigenvalue weighted by Gasteiger charge is 2.32. The number of carbonyl (C=O) groups excluding carboxylic acids is 2. The van der Waals surface area contributed by atoms with Crippen molar-refractivity contribution < 1.29 is 14.3 Å². The number of carbonyl (C=O) groups is 2. The molecule has 2 N–H and O–H groups in total. The van der Waals surface area contributed by atoms with E-state index in [1.165, 1.54) is 7.11 Å². The molecule has 6 nitrogen and oxygen atoms in total. The van der Waals surface area contributed by atoms with Gasteiger partial charge in [0.05, 0.1) is 24.7 Å². The van der Waals surface area contributed by atoms with Crippen molar-refractivity contribution in [3.05, 3.63) is 29.3 Å². The second-order valence-electron chi connectivity index (χ2n) is 6.00. The molecule has 128 valence electrons. The number of amides is 2. The number of nitrogens with zero attached hydrogens (tertiary/aromatic N) is 1. The van der Waals surface area contributed by atoms with Crippen LogP contribution in [0.15, 0.2) is 18.2 Å². The lowest BCUT2D eigenvalue weighted by molar-refractivity contribution is -0.126. The summed E-state index contributed by atoms with van der Waals surface area (Å²) in [6.45, 7) is 1.87. The Kier molecular flexibility index (Phi) is 6.19. The molecule has 1 aromatic carbocycles. The number of nitriles is 1. The molecule has 1 aliphatic rings. The first-order valence-corrected chi connectivity index (χ1v) is 8.17. The first kappa shape index (κ1) is 17.8. The average Bonchev–Trinajstić information content (AvgIpc) is 2.59. The highest BCUT2D eigenvalue weighted by molar-refractivity contribution is 5.98. The molecular weight excluding hydrogens is 306 g/mol. The number of hydrogen-bond donors (Lipinski definition) is 2. The predicted molar refractivity (Wildman–Crippen MR) is 89.6 cm³/mol. The van der Waals surface area contributed by atoms with Crippen molar-refractivity contribution in [1.82, 2.24) is 10.6 Å². The molecule has 2 rings (SSSR count). The molecule has 2 amide bonds. The molecule has 1 fully saturated rings. The minimum atomic E-state index is -0.299. The van der Waals surface area contributed by atoms with E-state index >= 15 is 0 Å². The molecule has 6 heteroatoms. The lowest BCUT2D eigenvalue weighted by Crippen LogP contribution is -2.48. The van der Waals surface area contributed by atoms with E-state index in [1.807, 2.05) is 25.1 Å². The summed E-state index contributed by atoms with van der Waals surface area (Å²) in [5, 5.41) is 14.2. The Morgan fingerprint density at radius 1 is 1.33 bits per heavy atom. The van der Waals surface area contributed by atoms with Crippen LogP contribution in [0.25, 0.3) is 0 Å². The number of nitrogens with one attached hydrogen (secondary N) is 2. The predicted octanol–water partition coefficient (Wildman–Crippen LogP) is 1.93. The van der Waals surface area contributed by atoms with Crippen molar-refractivity contribution in [3.63, 3.8) is 0 Å². The van der Waals surface area contributed by atoms with Gasteiger partial charge in [0, 0.05) is 6.04 Å². The average molecular weight is 329 g/mol. The van der Waals surface area contributed by atoms with Crippen LogP contribution in [-0.4, -0.2) is 31.5 Å². The van der Waals surface area contributed by atoms with Gasteiger partial charge < -0.3 is 15.4 Å². The number of aryl methyl sites for hydroxylation is 1. The lowest BCUT2D eigenvalue weighted by Gasteiger charge is -2.31. The summed E-state index contributed by atoms with van der Waals surface area (Å²) < 4.78 is 5.34. The van der Waals surface area contributed by atoms with Gasteiger partial charge in [0.15, 0.2) is 0 Å². The van der Waals surface area contributed by atoms with Gasteiger partial charge in [-0.3, -0.25) is 9.59 Å². The lowest BCUT2D eigenvalue weighted by atomic mass is 9.83. The van der Waals surface area contributed by atoms with E-state index in [9.17, 15) is 9.59 Å². The third-order valence-electron chi connectivity index (χ3n) is 4.42. The number of methoxy groups -OCH3 is 1. The Labute approximate surface area is 142 Å². The Balaban J connectivity index is 2.13. The van der Waals surface area contributed by atoms with Crippen molar-refractivity contribution in [3.8, 4) is 11.8 Å². The molecule has 2 atom stereocenters. The van der Waals surface area contributed by atoms with Gasteiger partial charge in [-0.15, -0.1) is 0 Å². The molecule has 0 spiro atoms. The number of ether oxygens (including phenoxy) is 1. The Hall–Kier alpha value is -2.55. The van der Waals surface area contributed by atoms with Gasteiger partial charge in [0.2, 0.25) is 5.91 Å². The second kappa shape index (κ2) is 8.34. The number of rotatable bonds is 5. The summed E-state index contributed by atoms with van der Waals surface area (Å²) in [6.07, 6.45) is 3.39. The molecule has 0 bridgehead atoms. The quantitative estimate of drug-likeness (QED) is 0.808. The standard InChI is InChI=1S/C18H23N3O3/c1-12-6-5-8-14(16(12)24-2)18(23)21-15-9-4-3-7-13(15)17(22)20-11-10-19/h5-6,8,13,15H,3-4,7,9,11H2,1-2H3,(H,20,22)(H,21,23)/t13-,15-/m1/s1. The first-order valence-electron chi connectivity index (χ1n) is 8.17. The molecule has 0 heterocycles. The van der Waals surface area contributed by atoms with Crippen molar-refractivity contribution in [2.75, 3.05) is 13.7 Å². The maximum atomic E-state index is 12.7. The zero-order valence-electron chi connectivity index (χ0n) is 14.1. The zero-order valence-corrected chi connectivity index (χ0v) is 14.1. The van der Waals surface area contributed by atoms with Gasteiger partial charge >= 0.3 is 0 Å². The summed E-state index contributed by atoms with van der Waals surface area (Å²) in [7, 11) is 1.54. The van der Waals surface area contributed by atoms with E-state index in [4.69, 9.17) is 10.00 Å². The van der Waals surface area contributed by atoms with E-state index in [2.05, 4.69) is 10.6 Å². The van der Waals surface area contributed by atoms with Crippen LogP contribution in [0.3, 0.4) is 0 Å². The minimum Gasteiger partial charge on any atom is -0.496 e. The SMILES string of the molecule is COc1c(C)cccc1C(=O)N[C@@H]1CCCC[C@H]1C(=O)NCC#N.